The number of fused-ring (bicyclic) bond motifs is 1. The van der Waals surface area contributed by atoms with Crippen molar-refractivity contribution in [2.45, 2.75) is 26.3 Å². The van der Waals surface area contributed by atoms with E-state index in [4.69, 9.17) is 0 Å². The van der Waals surface area contributed by atoms with Crippen molar-refractivity contribution in [3.8, 4) is 0 Å². The third kappa shape index (κ3) is 1.54. The van der Waals surface area contributed by atoms with Crippen molar-refractivity contribution in [2.75, 3.05) is 0 Å². The Hall–Kier alpha value is -1.64. The average Bonchev–Trinajstić information content (AvgIpc) is 2.66. The lowest BCUT2D eigenvalue weighted by Gasteiger charge is -2.13. The van der Waals surface area contributed by atoms with Crippen LogP contribution in [0.15, 0.2) is 24.3 Å². The lowest BCUT2D eigenvalue weighted by Crippen LogP contribution is -2.07. The van der Waals surface area contributed by atoms with Crippen molar-refractivity contribution in [1.29, 1.82) is 0 Å². The zero-order chi connectivity index (χ0) is 10.8. The van der Waals surface area contributed by atoms with Crippen LogP contribution in [0.2, 0.25) is 0 Å². The second kappa shape index (κ2) is 3.85. The first-order chi connectivity index (χ1) is 7.27. The molecule has 0 fully saturated rings. The first-order valence-electron chi connectivity index (χ1n) is 5.20. The van der Waals surface area contributed by atoms with Gasteiger partial charge in [-0.2, -0.15) is 0 Å². The lowest BCUT2D eigenvalue weighted by atomic mass is 10.2. The molecule has 0 radical (unpaired) electrons. The Morgan fingerprint density at radius 2 is 2.20 bits per heavy atom. The molecule has 78 valence electrons. The van der Waals surface area contributed by atoms with Crippen LogP contribution in [0.25, 0.3) is 11.0 Å². The van der Waals surface area contributed by atoms with Gasteiger partial charge in [0.25, 0.3) is 0 Å². The number of para-hydroxylation sites is 2. The molecule has 2 aromatic rings. The second-order valence-electron chi connectivity index (χ2n) is 3.70. The van der Waals surface area contributed by atoms with E-state index in [9.17, 15) is 4.79 Å². The number of imidazole rings is 1. The normalized spacial score (nSPS) is 12.9. The molecule has 0 aliphatic carbocycles. The smallest absolute Gasteiger partial charge is 0.185 e. The maximum Gasteiger partial charge on any atom is 0.185 e. The number of rotatable bonds is 3. The molecular formula is C12H14N2O. The van der Waals surface area contributed by atoms with Gasteiger partial charge in [0.1, 0.15) is 0 Å². The third-order valence-corrected chi connectivity index (χ3v) is 2.76. The molecule has 2 rings (SSSR count). The summed E-state index contributed by atoms with van der Waals surface area (Å²) in [4.78, 5) is 15.2. The van der Waals surface area contributed by atoms with Crippen LogP contribution in [-0.4, -0.2) is 15.8 Å². The highest BCUT2D eigenvalue weighted by molar-refractivity contribution is 5.83. The molecule has 3 heteroatoms. The molecule has 0 unspecified atom stereocenters. The Morgan fingerprint density at radius 3 is 2.87 bits per heavy atom. The molecule has 1 aromatic carbocycles. The predicted molar refractivity (Wildman–Crippen MR) is 60.1 cm³/mol. The van der Waals surface area contributed by atoms with Gasteiger partial charge in [0.2, 0.25) is 0 Å². The molecule has 1 atom stereocenters. The van der Waals surface area contributed by atoms with E-state index in [-0.39, 0.29) is 0 Å². The van der Waals surface area contributed by atoms with E-state index in [0.29, 0.717) is 11.9 Å². The Bertz CT molecular complexity index is 487. The topological polar surface area (TPSA) is 34.9 Å². The second-order valence-corrected chi connectivity index (χ2v) is 3.70. The molecule has 0 saturated heterocycles. The molecule has 0 N–H and O–H groups in total. The van der Waals surface area contributed by atoms with E-state index < -0.39 is 0 Å². The molecule has 0 bridgehead atoms. The number of hydrogen-bond acceptors (Lipinski definition) is 2. The Morgan fingerprint density at radius 1 is 1.47 bits per heavy atom. The van der Waals surface area contributed by atoms with Gasteiger partial charge in [-0.1, -0.05) is 19.1 Å². The van der Waals surface area contributed by atoms with Gasteiger partial charge < -0.3 is 4.57 Å². The van der Waals surface area contributed by atoms with Gasteiger partial charge in [-0.05, 0) is 25.5 Å². The highest BCUT2D eigenvalue weighted by Crippen LogP contribution is 2.21. The molecule has 15 heavy (non-hydrogen) atoms. The number of aromatic nitrogens is 2. The van der Waals surface area contributed by atoms with E-state index in [1.807, 2.05) is 28.8 Å². The van der Waals surface area contributed by atoms with Crippen LogP contribution in [0, 0.1) is 0 Å². The van der Waals surface area contributed by atoms with Crippen molar-refractivity contribution < 1.29 is 4.79 Å². The standard InChI is InChI=1S/C12H14N2O/c1-3-9(2)14-11-7-5-4-6-10(11)13-12(14)8-15/h4-9H,3H2,1-2H3/t9-/m1/s1. The summed E-state index contributed by atoms with van der Waals surface area (Å²) >= 11 is 0. The number of carbonyl (C=O) groups is 1. The third-order valence-electron chi connectivity index (χ3n) is 2.76. The fourth-order valence-electron chi connectivity index (χ4n) is 1.79. The van der Waals surface area contributed by atoms with Crippen molar-refractivity contribution in [1.82, 2.24) is 9.55 Å². The van der Waals surface area contributed by atoms with Crippen molar-refractivity contribution in [3.05, 3.63) is 30.1 Å². The quantitative estimate of drug-likeness (QED) is 0.717. The summed E-state index contributed by atoms with van der Waals surface area (Å²) in [5, 5.41) is 0. The first kappa shape index (κ1) is 9.90. The molecule has 3 nitrogen and oxygen atoms in total. The summed E-state index contributed by atoms with van der Waals surface area (Å²) < 4.78 is 2.00. The van der Waals surface area contributed by atoms with Crippen LogP contribution in [0.5, 0.6) is 0 Å². The molecule has 1 aromatic heterocycles. The summed E-state index contributed by atoms with van der Waals surface area (Å²) in [6, 6.07) is 8.14. The van der Waals surface area contributed by atoms with E-state index in [1.54, 1.807) is 0 Å². The Labute approximate surface area is 88.7 Å². The molecule has 0 saturated carbocycles. The summed E-state index contributed by atoms with van der Waals surface area (Å²) in [7, 11) is 0. The zero-order valence-electron chi connectivity index (χ0n) is 8.97. The fraction of sp³-hybridized carbons (Fsp3) is 0.333. The molecule has 1 heterocycles. The Balaban J connectivity index is 2.72. The van der Waals surface area contributed by atoms with E-state index in [2.05, 4.69) is 18.8 Å². The van der Waals surface area contributed by atoms with Crippen molar-refractivity contribution >= 4 is 17.3 Å². The summed E-state index contributed by atoms with van der Waals surface area (Å²) in [6.07, 6.45) is 1.81. The highest BCUT2D eigenvalue weighted by atomic mass is 16.1. The van der Waals surface area contributed by atoms with Gasteiger partial charge >= 0.3 is 0 Å². The maximum atomic E-state index is 10.9. The Kier molecular flexibility index (Phi) is 2.54. The van der Waals surface area contributed by atoms with E-state index in [1.165, 1.54) is 0 Å². The van der Waals surface area contributed by atoms with E-state index >= 15 is 0 Å². The lowest BCUT2D eigenvalue weighted by molar-refractivity contribution is 0.111. The summed E-state index contributed by atoms with van der Waals surface area (Å²) in [6.45, 7) is 4.20. The largest absolute Gasteiger partial charge is 0.319 e. The summed E-state index contributed by atoms with van der Waals surface area (Å²) in [5.41, 5.74) is 1.92. The summed E-state index contributed by atoms with van der Waals surface area (Å²) in [5.74, 6) is 0.519. The molecule has 0 spiro atoms. The maximum absolute atomic E-state index is 10.9. The van der Waals surface area contributed by atoms with Crippen LogP contribution < -0.4 is 0 Å². The average molecular weight is 202 g/mol. The van der Waals surface area contributed by atoms with E-state index in [0.717, 1.165) is 23.7 Å². The van der Waals surface area contributed by atoms with Gasteiger partial charge in [0.15, 0.2) is 12.1 Å². The van der Waals surface area contributed by atoms with Crippen molar-refractivity contribution in [2.24, 2.45) is 0 Å². The van der Waals surface area contributed by atoms with Gasteiger partial charge in [-0.25, -0.2) is 4.98 Å². The van der Waals surface area contributed by atoms with Crippen LogP contribution >= 0.6 is 0 Å². The van der Waals surface area contributed by atoms with Gasteiger partial charge in [-0.3, -0.25) is 4.79 Å². The number of aldehydes is 1. The van der Waals surface area contributed by atoms with Gasteiger partial charge in [0, 0.05) is 6.04 Å². The van der Waals surface area contributed by atoms with Crippen LogP contribution in [0.4, 0.5) is 0 Å². The number of carbonyl (C=O) groups excluding carboxylic acids is 1. The minimum absolute atomic E-state index is 0.303. The minimum Gasteiger partial charge on any atom is -0.319 e. The van der Waals surface area contributed by atoms with Crippen LogP contribution in [-0.2, 0) is 0 Å². The number of hydrogen-bond donors (Lipinski definition) is 0. The highest BCUT2D eigenvalue weighted by Gasteiger charge is 2.13. The van der Waals surface area contributed by atoms with Gasteiger partial charge in [0.05, 0.1) is 11.0 Å². The molecular weight excluding hydrogens is 188 g/mol. The van der Waals surface area contributed by atoms with Crippen LogP contribution in [0.3, 0.4) is 0 Å². The number of nitrogens with zero attached hydrogens (tertiary/aromatic N) is 2. The molecule has 0 aliphatic rings. The molecule has 0 amide bonds. The van der Waals surface area contributed by atoms with Crippen molar-refractivity contribution in [3.63, 3.8) is 0 Å². The predicted octanol–water partition coefficient (Wildman–Crippen LogP) is 2.82. The number of benzene rings is 1. The van der Waals surface area contributed by atoms with Crippen LogP contribution in [0.1, 0.15) is 36.9 Å². The monoisotopic (exact) mass is 202 g/mol. The van der Waals surface area contributed by atoms with Gasteiger partial charge in [-0.15, -0.1) is 0 Å². The first-order valence-corrected chi connectivity index (χ1v) is 5.20. The fourth-order valence-corrected chi connectivity index (χ4v) is 1.79. The zero-order valence-corrected chi connectivity index (χ0v) is 8.97. The minimum atomic E-state index is 0.303. The SMILES string of the molecule is CC[C@@H](C)n1c(C=O)nc2ccccc21. The molecule has 0 aliphatic heterocycles.